The third-order valence-electron chi connectivity index (χ3n) is 3.37. The Kier molecular flexibility index (Phi) is 3.97. The molecule has 4 nitrogen and oxygen atoms in total. The molecule has 1 fully saturated rings. The van der Waals surface area contributed by atoms with Gasteiger partial charge < -0.3 is 14.5 Å². The summed E-state index contributed by atoms with van der Waals surface area (Å²) >= 11 is 6.02. The van der Waals surface area contributed by atoms with Crippen LogP contribution >= 0.6 is 11.6 Å². The van der Waals surface area contributed by atoms with Gasteiger partial charge in [-0.15, -0.1) is 11.6 Å². The molecule has 0 unspecified atom stereocenters. The van der Waals surface area contributed by atoms with E-state index in [1.807, 2.05) is 6.92 Å². The Morgan fingerprint density at radius 2 is 2.11 bits per heavy atom. The van der Waals surface area contributed by atoms with E-state index >= 15 is 0 Å². The standard InChI is InChI=1S/C13H18ClNO3/c1-9-7-11(10(2)18-9)12(16)15-13(8-14)3-5-17-6-4-13/h7H,3-6,8H2,1-2H3,(H,15,16). The second-order valence-corrected chi connectivity index (χ2v) is 5.07. The van der Waals surface area contributed by atoms with Crippen molar-refractivity contribution in [1.82, 2.24) is 5.32 Å². The third kappa shape index (κ3) is 2.70. The summed E-state index contributed by atoms with van der Waals surface area (Å²) in [4.78, 5) is 12.2. The minimum Gasteiger partial charge on any atom is -0.466 e. The second-order valence-electron chi connectivity index (χ2n) is 4.81. The summed E-state index contributed by atoms with van der Waals surface area (Å²) in [5, 5.41) is 3.04. The lowest BCUT2D eigenvalue weighted by atomic mass is 9.92. The van der Waals surface area contributed by atoms with E-state index in [-0.39, 0.29) is 11.4 Å². The Morgan fingerprint density at radius 3 is 2.61 bits per heavy atom. The average molecular weight is 272 g/mol. The van der Waals surface area contributed by atoms with Crippen molar-refractivity contribution in [2.24, 2.45) is 0 Å². The van der Waals surface area contributed by atoms with Crippen LogP contribution in [0.1, 0.15) is 34.7 Å². The summed E-state index contributed by atoms with van der Waals surface area (Å²) in [7, 11) is 0. The Balaban J connectivity index is 2.12. The Labute approximate surface area is 112 Å². The first-order valence-electron chi connectivity index (χ1n) is 6.09. The first-order valence-corrected chi connectivity index (χ1v) is 6.63. The lowest BCUT2D eigenvalue weighted by molar-refractivity contribution is 0.0433. The van der Waals surface area contributed by atoms with Gasteiger partial charge in [0.05, 0.1) is 11.1 Å². The quantitative estimate of drug-likeness (QED) is 0.859. The second kappa shape index (κ2) is 5.33. The van der Waals surface area contributed by atoms with Crippen molar-refractivity contribution >= 4 is 17.5 Å². The SMILES string of the molecule is Cc1cc(C(=O)NC2(CCl)CCOCC2)c(C)o1. The van der Waals surface area contributed by atoms with Crippen LogP contribution < -0.4 is 5.32 Å². The summed E-state index contributed by atoms with van der Waals surface area (Å²) in [6.45, 7) is 4.89. The molecule has 0 aromatic carbocycles. The molecule has 0 spiro atoms. The van der Waals surface area contributed by atoms with Gasteiger partial charge in [0.2, 0.25) is 0 Å². The molecule has 1 aromatic heterocycles. The van der Waals surface area contributed by atoms with Crippen LogP contribution in [0.2, 0.25) is 0 Å². The highest BCUT2D eigenvalue weighted by Crippen LogP contribution is 2.24. The van der Waals surface area contributed by atoms with Crippen LogP contribution in [0.3, 0.4) is 0 Å². The van der Waals surface area contributed by atoms with E-state index in [4.69, 9.17) is 20.8 Å². The Hall–Kier alpha value is -1.00. The number of hydrogen-bond acceptors (Lipinski definition) is 3. The highest BCUT2D eigenvalue weighted by molar-refractivity contribution is 6.19. The van der Waals surface area contributed by atoms with Crippen molar-refractivity contribution in [2.45, 2.75) is 32.2 Å². The number of amides is 1. The number of furan rings is 1. The Morgan fingerprint density at radius 1 is 1.44 bits per heavy atom. The molecule has 18 heavy (non-hydrogen) atoms. The normalized spacial score (nSPS) is 18.6. The molecule has 0 bridgehead atoms. The zero-order valence-electron chi connectivity index (χ0n) is 10.7. The summed E-state index contributed by atoms with van der Waals surface area (Å²) < 4.78 is 10.7. The number of rotatable bonds is 3. The van der Waals surface area contributed by atoms with Crippen LogP contribution in [-0.2, 0) is 4.74 Å². The van der Waals surface area contributed by atoms with E-state index in [2.05, 4.69) is 5.32 Å². The van der Waals surface area contributed by atoms with Crippen molar-refractivity contribution in [1.29, 1.82) is 0 Å². The fraction of sp³-hybridized carbons (Fsp3) is 0.615. The molecule has 100 valence electrons. The van der Waals surface area contributed by atoms with E-state index in [1.165, 1.54) is 0 Å². The lowest BCUT2D eigenvalue weighted by Crippen LogP contribution is -2.53. The van der Waals surface area contributed by atoms with Crippen molar-refractivity contribution in [2.75, 3.05) is 19.1 Å². The molecule has 2 heterocycles. The van der Waals surface area contributed by atoms with Crippen LogP contribution in [0.25, 0.3) is 0 Å². The number of nitrogens with one attached hydrogen (secondary N) is 1. The predicted octanol–water partition coefficient (Wildman–Crippen LogP) is 2.41. The van der Waals surface area contributed by atoms with Crippen LogP contribution in [0.5, 0.6) is 0 Å². The fourth-order valence-electron chi connectivity index (χ4n) is 2.22. The molecule has 0 aliphatic carbocycles. The number of aryl methyl sites for hydroxylation is 2. The van der Waals surface area contributed by atoms with E-state index in [1.54, 1.807) is 13.0 Å². The number of hydrogen-bond donors (Lipinski definition) is 1. The van der Waals surface area contributed by atoms with E-state index in [9.17, 15) is 4.79 Å². The molecule has 0 saturated carbocycles. The van der Waals surface area contributed by atoms with Crippen LogP contribution in [0.15, 0.2) is 10.5 Å². The largest absolute Gasteiger partial charge is 0.466 e. The number of carbonyl (C=O) groups excluding carboxylic acids is 1. The van der Waals surface area contributed by atoms with Gasteiger partial charge in [0.25, 0.3) is 5.91 Å². The minimum absolute atomic E-state index is 0.119. The summed E-state index contributed by atoms with van der Waals surface area (Å²) in [6.07, 6.45) is 1.50. The molecule has 1 saturated heterocycles. The topological polar surface area (TPSA) is 51.5 Å². The maximum absolute atomic E-state index is 12.2. The van der Waals surface area contributed by atoms with Crippen molar-refractivity contribution < 1.29 is 13.9 Å². The first-order chi connectivity index (χ1) is 8.56. The molecule has 1 aliphatic heterocycles. The van der Waals surface area contributed by atoms with Crippen LogP contribution in [0, 0.1) is 13.8 Å². The van der Waals surface area contributed by atoms with Gasteiger partial charge in [-0.05, 0) is 32.8 Å². The van der Waals surface area contributed by atoms with Gasteiger partial charge in [-0.25, -0.2) is 0 Å². The van der Waals surface area contributed by atoms with Gasteiger partial charge in [-0.3, -0.25) is 4.79 Å². The van der Waals surface area contributed by atoms with Crippen molar-refractivity contribution in [3.63, 3.8) is 0 Å². The molecule has 1 aliphatic rings. The van der Waals surface area contributed by atoms with Crippen LogP contribution in [0.4, 0.5) is 0 Å². The lowest BCUT2D eigenvalue weighted by Gasteiger charge is -2.36. The van der Waals surface area contributed by atoms with E-state index < -0.39 is 0 Å². The molecule has 0 atom stereocenters. The number of halogens is 1. The maximum Gasteiger partial charge on any atom is 0.255 e. The van der Waals surface area contributed by atoms with Crippen molar-refractivity contribution in [3.05, 3.63) is 23.2 Å². The minimum atomic E-state index is -0.353. The molecule has 1 amide bonds. The first kappa shape index (κ1) is 13.4. The maximum atomic E-state index is 12.2. The van der Waals surface area contributed by atoms with E-state index in [0.717, 1.165) is 18.6 Å². The van der Waals surface area contributed by atoms with Crippen molar-refractivity contribution in [3.8, 4) is 0 Å². The van der Waals surface area contributed by atoms with Gasteiger partial charge in [-0.1, -0.05) is 0 Å². The molecule has 1 N–H and O–H groups in total. The van der Waals surface area contributed by atoms with Gasteiger partial charge in [0.15, 0.2) is 0 Å². The van der Waals surface area contributed by atoms with Gasteiger partial charge in [0.1, 0.15) is 11.5 Å². The molecule has 5 heteroatoms. The molecular weight excluding hydrogens is 254 g/mol. The zero-order valence-corrected chi connectivity index (χ0v) is 11.5. The number of carbonyl (C=O) groups is 1. The molecule has 1 aromatic rings. The third-order valence-corrected chi connectivity index (χ3v) is 3.88. The smallest absolute Gasteiger partial charge is 0.255 e. The van der Waals surface area contributed by atoms with Gasteiger partial charge in [0, 0.05) is 19.1 Å². The average Bonchev–Trinajstić information content (AvgIpc) is 2.70. The zero-order chi connectivity index (χ0) is 13.2. The Bertz CT molecular complexity index is 435. The highest BCUT2D eigenvalue weighted by atomic mass is 35.5. The molecule has 2 rings (SSSR count). The predicted molar refractivity (Wildman–Crippen MR) is 69.2 cm³/mol. The number of alkyl halides is 1. The summed E-state index contributed by atoms with van der Waals surface area (Å²) in [5.74, 6) is 1.66. The van der Waals surface area contributed by atoms with Gasteiger partial charge in [-0.2, -0.15) is 0 Å². The monoisotopic (exact) mass is 271 g/mol. The summed E-state index contributed by atoms with van der Waals surface area (Å²) in [5.41, 5.74) is 0.234. The highest BCUT2D eigenvalue weighted by Gasteiger charge is 2.34. The van der Waals surface area contributed by atoms with Crippen LogP contribution in [-0.4, -0.2) is 30.5 Å². The fourth-order valence-corrected chi connectivity index (χ4v) is 2.55. The van der Waals surface area contributed by atoms with E-state index in [0.29, 0.717) is 30.4 Å². The molecular formula is C13H18ClNO3. The summed E-state index contributed by atoms with van der Waals surface area (Å²) in [6, 6.07) is 1.76. The molecule has 0 radical (unpaired) electrons. The number of ether oxygens (including phenoxy) is 1. The van der Waals surface area contributed by atoms with Gasteiger partial charge >= 0.3 is 0 Å².